The van der Waals surface area contributed by atoms with Gasteiger partial charge in [-0.1, -0.05) is 17.7 Å². The first-order valence-electron chi connectivity index (χ1n) is 3.46. The molecule has 4 heteroatoms. The molecule has 0 saturated heterocycles. The Bertz CT molecular complexity index is 280. The molecule has 1 rings (SSSR count). The minimum absolute atomic E-state index is 0.0715. The van der Waals surface area contributed by atoms with Crippen LogP contribution in [0.4, 0.5) is 0 Å². The highest BCUT2D eigenvalue weighted by Crippen LogP contribution is 2.25. The first-order valence-corrected chi connectivity index (χ1v) is 4.63. The Morgan fingerprint density at radius 2 is 2.25 bits per heavy atom. The number of aliphatic hydroxyl groups is 1. The van der Waals surface area contributed by atoms with Gasteiger partial charge in [0.05, 0.1) is 17.7 Å². The van der Waals surface area contributed by atoms with Gasteiger partial charge in [0.1, 0.15) is 0 Å². The Kier molecular flexibility index (Phi) is 3.53. The molecule has 0 bridgehead atoms. The molecule has 0 aliphatic heterocycles. The lowest BCUT2D eigenvalue weighted by atomic mass is 10.1. The van der Waals surface area contributed by atoms with Gasteiger partial charge in [-0.2, -0.15) is 0 Å². The molecule has 0 aliphatic rings. The first-order chi connectivity index (χ1) is 5.65. The Morgan fingerprint density at radius 3 is 2.75 bits per heavy atom. The molecular weight excluding hydrogens is 241 g/mol. The highest BCUT2D eigenvalue weighted by molar-refractivity contribution is 9.10. The van der Waals surface area contributed by atoms with Crippen LogP contribution >= 0.6 is 27.5 Å². The molecule has 0 amide bonds. The van der Waals surface area contributed by atoms with Crippen LogP contribution in [-0.4, -0.2) is 11.7 Å². The summed E-state index contributed by atoms with van der Waals surface area (Å²) < 4.78 is 0.832. The molecule has 0 aromatic heterocycles. The van der Waals surface area contributed by atoms with Crippen molar-refractivity contribution >= 4 is 27.5 Å². The second kappa shape index (κ2) is 4.23. The SMILES string of the molecule is N[C@@H](CO)c1ccc(Br)c(Cl)c1. The molecule has 66 valence electrons. The van der Waals surface area contributed by atoms with Gasteiger partial charge in [0.15, 0.2) is 0 Å². The van der Waals surface area contributed by atoms with E-state index in [-0.39, 0.29) is 12.6 Å². The summed E-state index contributed by atoms with van der Waals surface area (Å²) in [7, 11) is 0. The van der Waals surface area contributed by atoms with Crippen LogP contribution in [0.15, 0.2) is 22.7 Å². The molecule has 12 heavy (non-hydrogen) atoms. The van der Waals surface area contributed by atoms with Crippen molar-refractivity contribution in [3.63, 3.8) is 0 Å². The van der Waals surface area contributed by atoms with Crippen LogP contribution in [0.25, 0.3) is 0 Å². The molecule has 0 saturated carbocycles. The van der Waals surface area contributed by atoms with Gasteiger partial charge in [-0.15, -0.1) is 0 Å². The lowest BCUT2D eigenvalue weighted by Crippen LogP contribution is -2.14. The van der Waals surface area contributed by atoms with E-state index in [1.807, 2.05) is 12.1 Å². The number of benzene rings is 1. The Morgan fingerprint density at radius 1 is 1.58 bits per heavy atom. The fourth-order valence-electron chi connectivity index (χ4n) is 0.848. The van der Waals surface area contributed by atoms with Gasteiger partial charge in [0.25, 0.3) is 0 Å². The Labute approximate surface area is 84.5 Å². The van der Waals surface area contributed by atoms with Gasteiger partial charge in [0.2, 0.25) is 0 Å². The zero-order valence-corrected chi connectivity index (χ0v) is 8.64. The van der Waals surface area contributed by atoms with E-state index in [0.29, 0.717) is 5.02 Å². The summed E-state index contributed by atoms with van der Waals surface area (Å²) in [5, 5.41) is 9.38. The Balaban J connectivity index is 2.96. The molecule has 0 spiro atoms. The summed E-state index contributed by atoms with van der Waals surface area (Å²) in [6, 6.07) is 5.03. The second-order valence-electron chi connectivity index (χ2n) is 2.46. The fraction of sp³-hybridized carbons (Fsp3) is 0.250. The van der Waals surface area contributed by atoms with Crippen LogP contribution in [0.2, 0.25) is 5.02 Å². The first kappa shape index (κ1) is 9.99. The minimum atomic E-state index is -0.351. The van der Waals surface area contributed by atoms with Crippen molar-refractivity contribution in [3.8, 4) is 0 Å². The zero-order valence-electron chi connectivity index (χ0n) is 6.30. The molecule has 0 aliphatic carbocycles. The zero-order chi connectivity index (χ0) is 9.14. The summed E-state index contributed by atoms with van der Waals surface area (Å²) in [5.41, 5.74) is 6.43. The largest absolute Gasteiger partial charge is 0.394 e. The Hall–Kier alpha value is -0.0900. The van der Waals surface area contributed by atoms with Crippen LogP contribution < -0.4 is 5.73 Å². The molecule has 0 fully saturated rings. The average Bonchev–Trinajstić information content (AvgIpc) is 2.08. The van der Waals surface area contributed by atoms with Crippen molar-refractivity contribution in [2.75, 3.05) is 6.61 Å². The number of hydrogen-bond acceptors (Lipinski definition) is 2. The summed E-state index contributed by atoms with van der Waals surface area (Å²) >= 11 is 9.10. The van der Waals surface area contributed by atoms with E-state index < -0.39 is 0 Å². The van der Waals surface area contributed by atoms with E-state index in [0.717, 1.165) is 10.0 Å². The maximum atomic E-state index is 8.77. The predicted molar refractivity (Wildman–Crippen MR) is 53.2 cm³/mol. The topological polar surface area (TPSA) is 46.2 Å². The van der Waals surface area contributed by atoms with Crippen molar-refractivity contribution in [1.82, 2.24) is 0 Å². The van der Waals surface area contributed by atoms with Crippen molar-refractivity contribution in [1.29, 1.82) is 0 Å². The molecule has 1 atom stereocenters. The lowest BCUT2D eigenvalue weighted by molar-refractivity contribution is 0.268. The number of hydrogen-bond donors (Lipinski definition) is 2. The van der Waals surface area contributed by atoms with Crippen molar-refractivity contribution in [2.45, 2.75) is 6.04 Å². The third kappa shape index (κ3) is 2.20. The summed E-state index contributed by atoms with van der Waals surface area (Å²) in [5.74, 6) is 0. The molecule has 0 radical (unpaired) electrons. The normalized spacial score (nSPS) is 13.0. The van der Waals surface area contributed by atoms with Crippen LogP contribution in [0.3, 0.4) is 0 Å². The average molecular weight is 251 g/mol. The van der Waals surface area contributed by atoms with Crippen LogP contribution in [0.5, 0.6) is 0 Å². The molecule has 0 unspecified atom stereocenters. The lowest BCUT2D eigenvalue weighted by Gasteiger charge is -2.08. The highest BCUT2D eigenvalue weighted by Gasteiger charge is 2.05. The molecule has 2 nitrogen and oxygen atoms in total. The van der Waals surface area contributed by atoms with Crippen molar-refractivity contribution < 1.29 is 5.11 Å². The maximum Gasteiger partial charge on any atom is 0.0624 e. The third-order valence-electron chi connectivity index (χ3n) is 1.57. The van der Waals surface area contributed by atoms with Crippen LogP contribution in [0.1, 0.15) is 11.6 Å². The van der Waals surface area contributed by atoms with Gasteiger partial charge < -0.3 is 10.8 Å². The second-order valence-corrected chi connectivity index (χ2v) is 3.72. The summed E-state index contributed by atoms with van der Waals surface area (Å²) in [6.45, 7) is -0.0715. The standard InChI is InChI=1S/C8H9BrClNO/c9-6-2-1-5(3-7(6)10)8(11)4-12/h1-3,8,12H,4,11H2/t8-/m0/s1. The van der Waals surface area contributed by atoms with Gasteiger partial charge in [-0.25, -0.2) is 0 Å². The van der Waals surface area contributed by atoms with Gasteiger partial charge in [-0.05, 0) is 33.6 Å². The number of aliphatic hydroxyl groups excluding tert-OH is 1. The van der Waals surface area contributed by atoms with Crippen LogP contribution in [0, 0.1) is 0 Å². The smallest absolute Gasteiger partial charge is 0.0624 e. The number of rotatable bonds is 2. The van der Waals surface area contributed by atoms with Gasteiger partial charge in [-0.3, -0.25) is 0 Å². The van der Waals surface area contributed by atoms with Gasteiger partial charge >= 0.3 is 0 Å². The monoisotopic (exact) mass is 249 g/mol. The number of halogens is 2. The predicted octanol–water partition coefficient (Wildman–Crippen LogP) is 2.09. The van der Waals surface area contributed by atoms with Crippen molar-refractivity contribution in [3.05, 3.63) is 33.3 Å². The quantitative estimate of drug-likeness (QED) is 0.844. The number of nitrogens with two attached hydrogens (primary N) is 1. The molecule has 3 N–H and O–H groups in total. The molecule has 1 aromatic carbocycles. The summed E-state index contributed by atoms with van der Waals surface area (Å²) in [6.07, 6.45) is 0. The van der Waals surface area contributed by atoms with E-state index in [9.17, 15) is 0 Å². The maximum absolute atomic E-state index is 8.77. The summed E-state index contributed by atoms with van der Waals surface area (Å²) in [4.78, 5) is 0. The highest BCUT2D eigenvalue weighted by atomic mass is 79.9. The third-order valence-corrected chi connectivity index (χ3v) is 2.80. The van der Waals surface area contributed by atoms with E-state index >= 15 is 0 Å². The van der Waals surface area contributed by atoms with E-state index in [4.69, 9.17) is 22.4 Å². The van der Waals surface area contributed by atoms with E-state index in [1.54, 1.807) is 6.07 Å². The van der Waals surface area contributed by atoms with E-state index in [1.165, 1.54) is 0 Å². The molecule has 0 heterocycles. The minimum Gasteiger partial charge on any atom is -0.394 e. The fourth-order valence-corrected chi connectivity index (χ4v) is 1.28. The van der Waals surface area contributed by atoms with Crippen molar-refractivity contribution in [2.24, 2.45) is 5.73 Å². The molecular formula is C8H9BrClNO. The molecule has 1 aromatic rings. The van der Waals surface area contributed by atoms with Gasteiger partial charge in [0, 0.05) is 4.47 Å². The van der Waals surface area contributed by atoms with E-state index in [2.05, 4.69) is 15.9 Å². The van der Waals surface area contributed by atoms with Crippen LogP contribution in [-0.2, 0) is 0 Å².